The summed E-state index contributed by atoms with van der Waals surface area (Å²) in [5, 5.41) is -0.0864. The first-order valence-corrected chi connectivity index (χ1v) is 11.7. The van der Waals surface area contributed by atoms with Gasteiger partial charge in [0.1, 0.15) is 6.54 Å². The molecule has 10 heteroatoms. The summed E-state index contributed by atoms with van der Waals surface area (Å²) in [5.74, 6) is -1.03. The van der Waals surface area contributed by atoms with Crippen LogP contribution >= 0.6 is 23.4 Å². The van der Waals surface area contributed by atoms with Gasteiger partial charge in [-0.15, -0.1) is 0 Å². The number of carbonyl (C=O) groups is 3. The van der Waals surface area contributed by atoms with Crippen LogP contribution in [0.4, 0.5) is 4.79 Å². The summed E-state index contributed by atoms with van der Waals surface area (Å²) in [4.78, 5) is 40.1. The van der Waals surface area contributed by atoms with Crippen molar-refractivity contribution < 1.29 is 22.8 Å². The van der Waals surface area contributed by atoms with Crippen molar-refractivity contribution >= 4 is 56.3 Å². The molecule has 0 N–H and O–H groups in total. The van der Waals surface area contributed by atoms with Gasteiger partial charge in [0.2, 0.25) is 5.91 Å². The zero-order valence-electron chi connectivity index (χ0n) is 15.1. The summed E-state index contributed by atoms with van der Waals surface area (Å²) < 4.78 is 23.4. The largest absolute Gasteiger partial charge is 0.337 e. The second-order valence-electron chi connectivity index (χ2n) is 6.53. The van der Waals surface area contributed by atoms with Gasteiger partial charge in [0.25, 0.3) is 11.1 Å². The van der Waals surface area contributed by atoms with Gasteiger partial charge in [-0.3, -0.25) is 19.3 Å². The van der Waals surface area contributed by atoms with Gasteiger partial charge in [-0.05, 0) is 42.8 Å². The topological polar surface area (TPSA) is 91.8 Å². The lowest BCUT2D eigenvalue weighted by Gasteiger charge is -2.28. The number of sulfone groups is 1. The number of hydrogen-bond acceptors (Lipinski definition) is 6. The molecule has 2 saturated heterocycles. The number of halogens is 1. The Kier molecular flexibility index (Phi) is 6.16. The molecule has 0 aromatic heterocycles. The lowest BCUT2D eigenvalue weighted by atomic mass is 10.2. The minimum absolute atomic E-state index is 0.0452. The molecule has 1 aromatic rings. The summed E-state index contributed by atoms with van der Waals surface area (Å²) in [6.07, 6.45) is 1.90. The molecular formula is C18H19ClN2O5S2. The van der Waals surface area contributed by atoms with Crippen LogP contribution in [0.15, 0.2) is 29.2 Å². The van der Waals surface area contributed by atoms with E-state index in [1.807, 2.05) is 0 Å². The Morgan fingerprint density at radius 3 is 2.68 bits per heavy atom. The first-order chi connectivity index (χ1) is 13.2. The number of carbonyl (C=O) groups excluding carboxylic acids is 3. The molecule has 3 amide bonds. The van der Waals surface area contributed by atoms with E-state index in [4.69, 9.17) is 11.6 Å². The van der Waals surface area contributed by atoms with Crippen molar-refractivity contribution in [2.75, 3.05) is 24.6 Å². The predicted molar refractivity (Wildman–Crippen MR) is 109 cm³/mol. The molecule has 2 heterocycles. The van der Waals surface area contributed by atoms with E-state index in [1.54, 1.807) is 31.2 Å². The van der Waals surface area contributed by atoms with Gasteiger partial charge in [0, 0.05) is 17.6 Å². The number of hydrogen-bond donors (Lipinski definition) is 0. The van der Waals surface area contributed by atoms with Crippen LogP contribution in [-0.4, -0.2) is 65.9 Å². The maximum absolute atomic E-state index is 12.7. The molecule has 1 aromatic carbocycles. The summed E-state index contributed by atoms with van der Waals surface area (Å²) >= 11 is 6.84. The molecule has 0 radical (unpaired) electrons. The number of benzene rings is 1. The van der Waals surface area contributed by atoms with Crippen molar-refractivity contribution in [3.05, 3.63) is 39.8 Å². The molecular weight excluding hydrogens is 424 g/mol. The SMILES string of the molecule is CCN(C(=O)CN1C(=O)S/C(=C\c2ccccc2Cl)C1=O)C1CCS(=O)(=O)C1. The molecule has 7 nitrogen and oxygen atoms in total. The van der Waals surface area contributed by atoms with Crippen LogP contribution in [0.25, 0.3) is 6.08 Å². The standard InChI is InChI=1S/C18H19ClN2O5S2/c1-2-20(13-7-8-28(25,26)11-13)16(22)10-21-17(23)15(27-18(21)24)9-12-5-3-4-6-14(12)19/h3-6,9,13H,2,7-8,10-11H2,1H3/b15-9-. The number of amides is 3. The van der Waals surface area contributed by atoms with Crippen LogP contribution in [0.5, 0.6) is 0 Å². The molecule has 1 atom stereocenters. The van der Waals surface area contributed by atoms with Gasteiger partial charge >= 0.3 is 0 Å². The first-order valence-electron chi connectivity index (χ1n) is 8.71. The number of likely N-dealkylation sites (N-methyl/N-ethyl adjacent to an activating group) is 1. The molecule has 150 valence electrons. The Hall–Kier alpha value is -1.84. The highest BCUT2D eigenvalue weighted by Gasteiger charge is 2.39. The normalized spacial score (nSPS) is 22.9. The summed E-state index contributed by atoms with van der Waals surface area (Å²) in [6, 6.07) is 6.50. The van der Waals surface area contributed by atoms with Crippen LogP contribution in [0.2, 0.25) is 5.02 Å². The molecule has 2 aliphatic rings. The summed E-state index contributed by atoms with van der Waals surface area (Å²) in [6.45, 7) is 1.65. The smallest absolute Gasteiger partial charge is 0.294 e. The zero-order valence-corrected chi connectivity index (χ0v) is 17.5. The predicted octanol–water partition coefficient (Wildman–Crippen LogP) is 2.41. The summed E-state index contributed by atoms with van der Waals surface area (Å²) in [7, 11) is -3.15. The number of thioether (sulfide) groups is 1. The fourth-order valence-electron chi connectivity index (χ4n) is 3.26. The highest BCUT2D eigenvalue weighted by atomic mass is 35.5. The quantitative estimate of drug-likeness (QED) is 0.650. The minimum atomic E-state index is -3.15. The number of imide groups is 1. The fourth-order valence-corrected chi connectivity index (χ4v) is 6.01. The molecule has 2 fully saturated rings. The Bertz CT molecular complexity index is 960. The van der Waals surface area contributed by atoms with Gasteiger partial charge in [0.05, 0.1) is 16.4 Å². The zero-order chi connectivity index (χ0) is 20.5. The van der Waals surface area contributed by atoms with Gasteiger partial charge in [-0.25, -0.2) is 8.42 Å². The minimum Gasteiger partial charge on any atom is -0.337 e. The molecule has 0 saturated carbocycles. The average Bonchev–Trinajstić information content (AvgIpc) is 3.11. The van der Waals surface area contributed by atoms with E-state index in [9.17, 15) is 22.8 Å². The molecule has 3 rings (SSSR count). The summed E-state index contributed by atoms with van der Waals surface area (Å²) in [5.41, 5.74) is 0.604. The third-order valence-electron chi connectivity index (χ3n) is 4.67. The van der Waals surface area contributed by atoms with Crippen LogP contribution in [0.1, 0.15) is 18.9 Å². The van der Waals surface area contributed by atoms with E-state index >= 15 is 0 Å². The van der Waals surface area contributed by atoms with Gasteiger partial charge in [-0.2, -0.15) is 0 Å². The molecule has 1 unspecified atom stereocenters. The highest BCUT2D eigenvalue weighted by molar-refractivity contribution is 8.18. The average molecular weight is 443 g/mol. The highest BCUT2D eigenvalue weighted by Crippen LogP contribution is 2.33. The Labute approximate surface area is 172 Å². The first kappa shape index (κ1) is 20.9. The van der Waals surface area contributed by atoms with Crippen molar-refractivity contribution in [1.29, 1.82) is 0 Å². The fraction of sp³-hybridized carbons (Fsp3) is 0.389. The molecule has 0 aliphatic carbocycles. The Balaban J connectivity index is 1.73. The van der Waals surface area contributed by atoms with Crippen LogP contribution in [0.3, 0.4) is 0 Å². The molecule has 0 spiro atoms. The van der Waals surface area contributed by atoms with Gasteiger partial charge in [0.15, 0.2) is 9.84 Å². The maximum Gasteiger partial charge on any atom is 0.294 e. The van der Waals surface area contributed by atoms with E-state index < -0.39 is 39.5 Å². The Morgan fingerprint density at radius 2 is 2.07 bits per heavy atom. The van der Waals surface area contributed by atoms with Crippen molar-refractivity contribution in [1.82, 2.24) is 9.80 Å². The number of rotatable bonds is 5. The Morgan fingerprint density at radius 1 is 1.36 bits per heavy atom. The third-order valence-corrected chi connectivity index (χ3v) is 7.67. The van der Waals surface area contributed by atoms with E-state index in [2.05, 4.69) is 0 Å². The van der Waals surface area contributed by atoms with Crippen molar-refractivity contribution in [2.24, 2.45) is 0 Å². The van der Waals surface area contributed by atoms with E-state index in [1.165, 1.54) is 11.0 Å². The lowest BCUT2D eigenvalue weighted by molar-refractivity contribution is -0.137. The second kappa shape index (κ2) is 8.26. The van der Waals surface area contributed by atoms with Crippen molar-refractivity contribution in [2.45, 2.75) is 19.4 Å². The van der Waals surface area contributed by atoms with Crippen LogP contribution in [0, 0.1) is 0 Å². The van der Waals surface area contributed by atoms with Crippen LogP contribution in [-0.2, 0) is 19.4 Å². The maximum atomic E-state index is 12.7. The lowest BCUT2D eigenvalue weighted by Crippen LogP contribution is -2.47. The van der Waals surface area contributed by atoms with Gasteiger partial charge in [-0.1, -0.05) is 29.8 Å². The second-order valence-corrected chi connectivity index (χ2v) is 10.2. The van der Waals surface area contributed by atoms with Crippen LogP contribution < -0.4 is 0 Å². The molecule has 0 bridgehead atoms. The monoisotopic (exact) mass is 442 g/mol. The van der Waals surface area contributed by atoms with Crippen molar-refractivity contribution in [3.63, 3.8) is 0 Å². The molecule has 28 heavy (non-hydrogen) atoms. The third kappa shape index (κ3) is 4.42. The number of nitrogens with zero attached hydrogens (tertiary/aromatic N) is 2. The van der Waals surface area contributed by atoms with E-state index in [-0.39, 0.29) is 16.4 Å². The molecule has 2 aliphatic heterocycles. The van der Waals surface area contributed by atoms with Crippen molar-refractivity contribution in [3.8, 4) is 0 Å². The van der Waals surface area contributed by atoms with E-state index in [0.717, 1.165) is 16.7 Å². The van der Waals surface area contributed by atoms with Gasteiger partial charge < -0.3 is 4.90 Å². The van der Waals surface area contributed by atoms with E-state index in [0.29, 0.717) is 23.6 Å².